The van der Waals surface area contributed by atoms with Crippen LogP contribution in [0, 0.1) is 6.92 Å². The number of nitrogens with zero attached hydrogens (tertiary/aromatic N) is 1. The summed E-state index contributed by atoms with van der Waals surface area (Å²) in [7, 11) is 0. The number of aryl methyl sites for hydroxylation is 1. The smallest absolute Gasteiger partial charge is 0.345 e. The molecule has 1 aromatic heterocycles. The normalized spacial score (nSPS) is 18.0. The number of phenols is 1. The number of carbonyl (C=O) groups excluding carboxylic acids is 1. The predicted molar refractivity (Wildman–Crippen MR) is 126 cm³/mol. The van der Waals surface area contributed by atoms with Gasteiger partial charge in [-0.25, -0.2) is 4.79 Å². The van der Waals surface area contributed by atoms with Crippen LogP contribution in [-0.4, -0.2) is 39.7 Å². The van der Waals surface area contributed by atoms with E-state index in [2.05, 4.69) is 15.3 Å². The molecule has 0 aliphatic heterocycles. The van der Waals surface area contributed by atoms with Crippen LogP contribution in [0.15, 0.2) is 53.3 Å². The zero-order chi connectivity index (χ0) is 23.4. The van der Waals surface area contributed by atoms with E-state index in [4.69, 9.17) is 10.5 Å². The van der Waals surface area contributed by atoms with Crippen molar-refractivity contribution in [3.05, 3.63) is 64.6 Å². The molecule has 33 heavy (non-hydrogen) atoms. The van der Waals surface area contributed by atoms with Crippen LogP contribution >= 0.6 is 0 Å². The molecule has 0 unspecified atom stereocenters. The van der Waals surface area contributed by atoms with E-state index in [9.17, 15) is 14.7 Å². The fraction of sp³-hybridized carbons (Fsp3) is 0.320. The van der Waals surface area contributed by atoms with Gasteiger partial charge >= 0.3 is 5.69 Å². The molecule has 8 nitrogen and oxygen atoms in total. The summed E-state index contributed by atoms with van der Waals surface area (Å²) in [6, 6.07) is 14.4. The van der Waals surface area contributed by atoms with Crippen LogP contribution in [0.1, 0.15) is 31.2 Å². The van der Waals surface area contributed by atoms with Gasteiger partial charge in [0.25, 0.3) is 5.91 Å². The van der Waals surface area contributed by atoms with Gasteiger partial charge in [-0.2, -0.15) is 4.98 Å². The second kappa shape index (κ2) is 9.87. The van der Waals surface area contributed by atoms with Crippen LogP contribution in [0.2, 0.25) is 0 Å². The lowest BCUT2D eigenvalue weighted by Gasteiger charge is -2.26. The van der Waals surface area contributed by atoms with Gasteiger partial charge in [-0.05, 0) is 80.1 Å². The SMILES string of the molecule is Cc1cc(-c2cc(-c3cccc(OCC(=O)NC4CCC(N)CC4)c3)nc(=O)[nH]2)ccc1O. The number of amides is 1. The third-order valence-electron chi connectivity index (χ3n) is 5.89. The number of nitrogens with one attached hydrogen (secondary N) is 2. The second-order valence-corrected chi connectivity index (χ2v) is 8.48. The molecule has 0 bridgehead atoms. The molecule has 0 atom stereocenters. The number of rotatable bonds is 6. The molecule has 1 saturated carbocycles. The van der Waals surface area contributed by atoms with E-state index in [-0.39, 0.29) is 30.3 Å². The Morgan fingerprint density at radius 1 is 1.15 bits per heavy atom. The summed E-state index contributed by atoms with van der Waals surface area (Å²) in [4.78, 5) is 31.3. The lowest BCUT2D eigenvalue weighted by atomic mass is 9.92. The van der Waals surface area contributed by atoms with Crippen molar-refractivity contribution in [2.75, 3.05) is 6.61 Å². The number of ether oxygens (including phenoxy) is 1. The van der Waals surface area contributed by atoms with Crippen molar-refractivity contribution in [2.45, 2.75) is 44.7 Å². The van der Waals surface area contributed by atoms with Gasteiger partial charge in [0.1, 0.15) is 11.5 Å². The fourth-order valence-electron chi connectivity index (χ4n) is 4.01. The van der Waals surface area contributed by atoms with Crippen molar-refractivity contribution in [1.82, 2.24) is 15.3 Å². The van der Waals surface area contributed by atoms with Gasteiger partial charge < -0.3 is 25.9 Å². The first-order valence-electron chi connectivity index (χ1n) is 11.1. The summed E-state index contributed by atoms with van der Waals surface area (Å²) in [5, 5.41) is 12.8. The van der Waals surface area contributed by atoms with Crippen molar-refractivity contribution < 1.29 is 14.6 Å². The maximum Gasteiger partial charge on any atom is 0.345 e. The molecule has 4 rings (SSSR count). The van der Waals surface area contributed by atoms with Gasteiger partial charge in [-0.1, -0.05) is 12.1 Å². The molecule has 1 aliphatic carbocycles. The molecule has 0 saturated heterocycles. The van der Waals surface area contributed by atoms with Gasteiger partial charge in [0.05, 0.1) is 11.4 Å². The van der Waals surface area contributed by atoms with E-state index >= 15 is 0 Å². The van der Waals surface area contributed by atoms with Gasteiger partial charge in [0.2, 0.25) is 0 Å². The summed E-state index contributed by atoms with van der Waals surface area (Å²) in [6.07, 6.45) is 3.62. The zero-order valence-corrected chi connectivity index (χ0v) is 18.5. The average Bonchev–Trinajstić information content (AvgIpc) is 2.81. The highest BCUT2D eigenvalue weighted by molar-refractivity contribution is 5.78. The molecule has 8 heteroatoms. The monoisotopic (exact) mass is 448 g/mol. The number of phenolic OH excluding ortho intramolecular Hbond substituents is 1. The molecule has 1 heterocycles. The molecule has 1 fully saturated rings. The molecule has 172 valence electrons. The summed E-state index contributed by atoms with van der Waals surface area (Å²) in [5.74, 6) is 0.536. The Bertz CT molecular complexity index is 1200. The Hall–Kier alpha value is -3.65. The van der Waals surface area contributed by atoms with E-state index in [0.29, 0.717) is 28.3 Å². The molecular formula is C25H28N4O4. The Morgan fingerprint density at radius 2 is 1.94 bits per heavy atom. The first-order chi connectivity index (χ1) is 15.9. The lowest BCUT2D eigenvalue weighted by molar-refractivity contribution is -0.124. The standard InChI is InChI=1S/C25H28N4O4/c1-15-11-17(5-10-23(15)30)22-13-21(28-25(32)29-22)16-3-2-4-20(12-16)33-14-24(31)27-19-8-6-18(26)7-9-19/h2-5,10-13,18-19,30H,6-9,14,26H2,1H3,(H,27,31)(H,28,29,32). The number of nitrogens with two attached hydrogens (primary N) is 1. The van der Waals surface area contributed by atoms with E-state index in [1.54, 1.807) is 49.4 Å². The highest BCUT2D eigenvalue weighted by Gasteiger charge is 2.20. The molecule has 2 aromatic carbocycles. The zero-order valence-electron chi connectivity index (χ0n) is 18.5. The number of H-pyrrole nitrogens is 1. The maximum absolute atomic E-state index is 12.3. The Morgan fingerprint density at radius 3 is 2.70 bits per heavy atom. The van der Waals surface area contributed by atoms with Crippen molar-refractivity contribution in [3.8, 4) is 34.0 Å². The third kappa shape index (κ3) is 5.78. The largest absolute Gasteiger partial charge is 0.508 e. The van der Waals surface area contributed by atoms with Crippen molar-refractivity contribution in [1.29, 1.82) is 0 Å². The minimum Gasteiger partial charge on any atom is -0.508 e. The first kappa shape index (κ1) is 22.5. The van der Waals surface area contributed by atoms with E-state index in [1.807, 2.05) is 6.07 Å². The second-order valence-electron chi connectivity index (χ2n) is 8.48. The molecule has 1 amide bonds. The first-order valence-corrected chi connectivity index (χ1v) is 11.1. The molecule has 3 aromatic rings. The molecule has 0 spiro atoms. The van der Waals surface area contributed by atoms with Crippen molar-refractivity contribution >= 4 is 5.91 Å². The predicted octanol–water partition coefficient (Wildman–Crippen LogP) is 2.88. The molecule has 0 radical (unpaired) electrons. The number of carbonyl (C=O) groups is 1. The van der Waals surface area contributed by atoms with Gasteiger partial charge in [-0.15, -0.1) is 0 Å². The van der Waals surface area contributed by atoms with Gasteiger partial charge in [0.15, 0.2) is 6.61 Å². The van der Waals surface area contributed by atoms with Gasteiger partial charge in [-0.3, -0.25) is 4.79 Å². The highest BCUT2D eigenvalue weighted by Crippen LogP contribution is 2.27. The topological polar surface area (TPSA) is 130 Å². The lowest BCUT2D eigenvalue weighted by Crippen LogP contribution is -2.42. The number of aromatic amines is 1. The number of hydrogen-bond donors (Lipinski definition) is 4. The summed E-state index contributed by atoms with van der Waals surface area (Å²) < 4.78 is 5.69. The molecule has 1 aliphatic rings. The third-order valence-corrected chi connectivity index (χ3v) is 5.89. The number of hydrogen-bond acceptors (Lipinski definition) is 6. The maximum atomic E-state index is 12.3. The summed E-state index contributed by atoms with van der Waals surface area (Å²) >= 11 is 0. The van der Waals surface area contributed by atoms with E-state index in [0.717, 1.165) is 31.2 Å². The highest BCUT2D eigenvalue weighted by atomic mass is 16.5. The van der Waals surface area contributed by atoms with Crippen LogP contribution in [0.5, 0.6) is 11.5 Å². The van der Waals surface area contributed by atoms with Crippen LogP contribution in [0.3, 0.4) is 0 Å². The van der Waals surface area contributed by atoms with Crippen LogP contribution in [0.4, 0.5) is 0 Å². The Labute approximate surface area is 191 Å². The summed E-state index contributed by atoms with van der Waals surface area (Å²) in [6.45, 7) is 1.70. The molecular weight excluding hydrogens is 420 g/mol. The van der Waals surface area contributed by atoms with Crippen LogP contribution < -0.4 is 21.5 Å². The minimum atomic E-state index is -0.480. The van der Waals surface area contributed by atoms with Gasteiger partial charge in [0, 0.05) is 17.6 Å². The number of aromatic hydroxyl groups is 1. The van der Waals surface area contributed by atoms with Crippen molar-refractivity contribution in [3.63, 3.8) is 0 Å². The fourth-order valence-corrected chi connectivity index (χ4v) is 4.01. The Balaban J connectivity index is 1.46. The summed E-state index contributed by atoms with van der Waals surface area (Å²) in [5.41, 5.74) is 8.66. The van der Waals surface area contributed by atoms with E-state index in [1.165, 1.54) is 0 Å². The quantitative estimate of drug-likeness (QED) is 0.459. The number of aromatic nitrogens is 2. The number of benzene rings is 2. The minimum absolute atomic E-state index is 0.0904. The van der Waals surface area contributed by atoms with Crippen LogP contribution in [0.25, 0.3) is 22.5 Å². The Kier molecular flexibility index (Phi) is 6.74. The molecule has 5 N–H and O–H groups in total. The average molecular weight is 449 g/mol. The van der Waals surface area contributed by atoms with Crippen LogP contribution in [-0.2, 0) is 4.79 Å². The van der Waals surface area contributed by atoms with Crippen molar-refractivity contribution in [2.24, 2.45) is 5.73 Å². The van der Waals surface area contributed by atoms with E-state index < -0.39 is 5.69 Å².